The molecule has 1 N–H and O–H groups in total. The highest BCUT2D eigenvalue weighted by atomic mass is 16.5. The number of carbonyl (C=O) groups excluding carboxylic acids is 1. The predicted octanol–water partition coefficient (Wildman–Crippen LogP) is 4.02. The number of fused-ring (bicyclic) bond motifs is 1. The number of methoxy groups -OCH3 is 1. The van der Waals surface area contributed by atoms with Gasteiger partial charge in [-0.25, -0.2) is 0 Å². The van der Waals surface area contributed by atoms with Crippen molar-refractivity contribution in [1.82, 2.24) is 0 Å². The lowest BCUT2D eigenvalue weighted by atomic mass is 9.86. The van der Waals surface area contributed by atoms with Gasteiger partial charge in [0.05, 0.1) is 20.1 Å². The van der Waals surface area contributed by atoms with Crippen LogP contribution < -0.4 is 14.2 Å². The number of esters is 1. The molecular weight excluding hydrogens is 320 g/mol. The molecule has 0 radical (unpaired) electrons. The van der Waals surface area contributed by atoms with E-state index in [1.54, 1.807) is 19.2 Å². The molecule has 1 heterocycles. The molecule has 0 saturated heterocycles. The number of rotatable bonds is 6. The van der Waals surface area contributed by atoms with Crippen LogP contribution in [0.4, 0.5) is 0 Å². The van der Waals surface area contributed by atoms with E-state index in [0.29, 0.717) is 23.9 Å². The lowest BCUT2D eigenvalue weighted by molar-refractivity contribution is -0.135. The fraction of sp³-hybridized carbons (Fsp3) is 0.350. The van der Waals surface area contributed by atoms with Gasteiger partial charge in [-0.1, -0.05) is 25.5 Å². The second kappa shape index (κ2) is 7.47. The van der Waals surface area contributed by atoms with Crippen molar-refractivity contribution in [3.05, 3.63) is 47.5 Å². The van der Waals surface area contributed by atoms with E-state index >= 15 is 0 Å². The Balaban J connectivity index is 1.93. The van der Waals surface area contributed by atoms with E-state index in [0.717, 1.165) is 24.0 Å². The number of phenols is 1. The van der Waals surface area contributed by atoms with Gasteiger partial charge in [-0.2, -0.15) is 0 Å². The van der Waals surface area contributed by atoms with Gasteiger partial charge in [0.25, 0.3) is 0 Å². The molecule has 1 unspecified atom stereocenters. The molecule has 1 aliphatic rings. The number of ether oxygens (including phenoxy) is 3. The van der Waals surface area contributed by atoms with Crippen molar-refractivity contribution in [3.8, 4) is 23.0 Å². The minimum Gasteiger partial charge on any atom is -0.508 e. The summed E-state index contributed by atoms with van der Waals surface area (Å²) in [6.45, 7) is 2.76. The zero-order valence-corrected chi connectivity index (χ0v) is 14.5. The van der Waals surface area contributed by atoms with Crippen LogP contribution in [0.25, 0.3) is 0 Å². The Bertz CT molecular complexity index is 769. The van der Waals surface area contributed by atoms with Crippen molar-refractivity contribution < 1.29 is 24.1 Å². The van der Waals surface area contributed by atoms with Gasteiger partial charge < -0.3 is 19.3 Å². The number of hydrogen-bond donors (Lipinski definition) is 1. The van der Waals surface area contributed by atoms with E-state index in [-0.39, 0.29) is 24.1 Å². The van der Waals surface area contributed by atoms with Gasteiger partial charge in [0, 0.05) is 17.5 Å². The molecule has 0 aromatic heterocycles. The SMILES string of the molecule is CCCCOc1ccc(C2CC(=O)Oc3cc(O)ccc32)cc1OC. The third-order valence-electron chi connectivity index (χ3n) is 4.31. The maximum atomic E-state index is 12.0. The smallest absolute Gasteiger partial charge is 0.312 e. The topological polar surface area (TPSA) is 65.0 Å². The second-order valence-corrected chi connectivity index (χ2v) is 6.07. The van der Waals surface area contributed by atoms with Crippen LogP contribution in [0.3, 0.4) is 0 Å². The average Bonchev–Trinajstić information content (AvgIpc) is 2.61. The van der Waals surface area contributed by atoms with Gasteiger partial charge in [-0.3, -0.25) is 4.79 Å². The van der Waals surface area contributed by atoms with E-state index in [9.17, 15) is 9.90 Å². The molecule has 25 heavy (non-hydrogen) atoms. The summed E-state index contributed by atoms with van der Waals surface area (Å²) in [6.07, 6.45) is 2.29. The van der Waals surface area contributed by atoms with Crippen molar-refractivity contribution in [2.24, 2.45) is 0 Å². The predicted molar refractivity (Wildman–Crippen MR) is 93.6 cm³/mol. The van der Waals surface area contributed by atoms with Crippen LogP contribution in [-0.2, 0) is 4.79 Å². The number of unbranched alkanes of at least 4 members (excludes halogenated alkanes) is 1. The summed E-state index contributed by atoms with van der Waals surface area (Å²) >= 11 is 0. The van der Waals surface area contributed by atoms with Crippen molar-refractivity contribution in [2.75, 3.05) is 13.7 Å². The zero-order valence-electron chi connectivity index (χ0n) is 14.5. The molecule has 0 saturated carbocycles. The monoisotopic (exact) mass is 342 g/mol. The van der Waals surface area contributed by atoms with E-state index in [4.69, 9.17) is 14.2 Å². The molecule has 5 heteroatoms. The van der Waals surface area contributed by atoms with E-state index in [1.165, 1.54) is 6.07 Å². The number of carbonyl (C=O) groups is 1. The highest BCUT2D eigenvalue weighted by molar-refractivity contribution is 5.78. The van der Waals surface area contributed by atoms with Gasteiger partial charge >= 0.3 is 5.97 Å². The first-order valence-corrected chi connectivity index (χ1v) is 8.46. The molecule has 1 aliphatic heterocycles. The Morgan fingerprint density at radius 2 is 2.04 bits per heavy atom. The van der Waals surface area contributed by atoms with Gasteiger partial charge in [-0.15, -0.1) is 0 Å². The summed E-state index contributed by atoms with van der Waals surface area (Å²) in [5, 5.41) is 9.62. The van der Waals surface area contributed by atoms with Crippen LogP contribution in [-0.4, -0.2) is 24.8 Å². The zero-order chi connectivity index (χ0) is 17.8. The molecule has 1 atom stereocenters. The fourth-order valence-corrected chi connectivity index (χ4v) is 2.98. The van der Waals surface area contributed by atoms with Crippen LogP contribution in [0, 0.1) is 0 Å². The van der Waals surface area contributed by atoms with Gasteiger partial charge in [-0.05, 0) is 30.2 Å². The Morgan fingerprint density at radius 3 is 2.80 bits per heavy atom. The molecular formula is C20H22O5. The maximum Gasteiger partial charge on any atom is 0.312 e. The Labute approximate surface area is 147 Å². The first-order valence-electron chi connectivity index (χ1n) is 8.46. The van der Waals surface area contributed by atoms with Crippen molar-refractivity contribution in [3.63, 3.8) is 0 Å². The van der Waals surface area contributed by atoms with Crippen LogP contribution in [0.5, 0.6) is 23.0 Å². The van der Waals surface area contributed by atoms with Crippen molar-refractivity contribution in [2.45, 2.75) is 32.1 Å². The van der Waals surface area contributed by atoms with E-state index in [1.807, 2.05) is 18.2 Å². The minimum atomic E-state index is -0.315. The Kier molecular flexibility index (Phi) is 5.12. The third kappa shape index (κ3) is 3.71. The lowest BCUT2D eigenvalue weighted by Gasteiger charge is -2.25. The molecule has 0 aliphatic carbocycles. The molecule has 2 aromatic carbocycles. The largest absolute Gasteiger partial charge is 0.508 e. The summed E-state index contributed by atoms with van der Waals surface area (Å²) < 4.78 is 16.5. The molecule has 132 valence electrons. The first-order chi connectivity index (χ1) is 12.1. The lowest BCUT2D eigenvalue weighted by Crippen LogP contribution is -2.21. The minimum absolute atomic E-state index is 0.0736. The highest BCUT2D eigenvalue weighted by Gasteiger charge is 2.29. The van der Waals surface area contributed by atoms with Crippen LogP contribution in [0.1, 0.15) is 43.2 Å². The summed E-state index contributed by atoms with van der Waals surface area (Å²) in [5.74, 6) is 1.37. The molecule has 0 spiro atoms. The first kappa shape index (κ1) is 17.1. The third-order valence-corrected chi connectivity index (χ3v) is 4.31. The molecule has 0 amide bonds. The van der Waals surface area contributed by atoms with Crippen molar-refractivity contribution in [1.29, 1.82) is 0 Å². The van der Waals surface area contributed by atoms with Gasteiger partial charge in [0.1, 0.15) is 11.5 Å². The summed E-state index contributed by atoms with van der Waals surface area (Å²) in [6, 6.07) is 10.6. The normalized spacial score (nSPS) is 16.1. The number of phenolic OH excluding ortho intramolecular Hbond substituents is 1. The highest BCUT2D eigenvalue weighted by Crippen LogP contribution is 2.42. The standard InChI is InChI=1S/C20H22O5/c1-3-4-9-24-17-8-5-13(10-19(17)23-2)16-12-20(22)25-18-11-14(21)6-7-15(16)18/h5-8,10-11,16,21H,3-4,9,12H2,1-2H3. The summed E-state index contributed by atoms with van der Waals surface area (Å²) in [4.78, 5) is 12.0. The summed E-state index contributed by atoms with van der Waals surface area (Å²) in [7, 11) is 1.60. The molecule has 0 bridgehead atoms. The van der Waals surface area contributed by atoms with Gasteiger partial charge in [0.2, 0.25) is 0 Å². The molecule has 2 aromatic rings. The van der Waals surface area contributed by atoms with Gasteiger partial charge in [0.15, 0.2) is 11.5 Å². The van der Waals surface area contributed by atoms with Crippen LogP contribution in [0.2, 0.25) is 0 Å². The quantitative estimate of drug-likeness (QED) is 0.488. The molecule has 3 rings (SSSR count). The van der Waals surface area contributed by atoms with Crippen LogP contribution >= 0.6 is 0 Å². The summed E-state index contributed by atoms with van der Waals surface area (Å²) in [5.41, 5.74) is 1.82. The van der Waals surface area contributed by atoms with Crippen LogP contribution in [0.15, 0.2) is 36.4 Å². The van der Waals surface area contributed by atoms with E-state index < -0.39 is 0 Å². The van der Waals surface area contributed by atoms with E-state index in [2.05, 4.69) is 6.92 Å². The average molecular weight is 342 g/mol. The maximum absolute atomic E-state index is 12.0. The number of benzene rings is 2. The second-order valence-electron chi connectivity index (χ2n) is 6.07. The molecule has 0 fully saturated rings. The van der Waals surface area contributed by atoms with Crippen molar-refractivity contribution >= 4 is 5.97 Å². The fourth-order valence-electron chi connectivity index (χ4n) is 2.98. The number of aromatic hydroxyl groups is 1. The number of hydrogen-bond acceptors (Lipinski definition) is 5. The Hall–Kier alpha value is -2.69. The Morgan fingerprint density at radius 1 is 1.20 bits per heavy atom. The molecule has 5 nitrogen and oxygen atoms in total.